The number of H-pyrrole nitrogens is 1. The minimum atomic E-state index is -1.16. The first-order valence-electron chi connectivity index (χ1n) is 7.52. The molecule has 0 amide bonds. The predicted molar refractivity (Wildman–Crippen MR) is 84.4 cm³/mol. The molecule has 1 aliphatic rings. The van der Waals surface area contributed by atoms with Gasteiger partial charge in [0.05, 0.1) is 12.2 Å². The number of aliphatic hydroxyl groups is 2. The number of benzene rings is 1. The van der Waals surface area contributed by atoms with Gasteiger partial charge in [0, 0.05) is 47.3 Å². The minimum absolute atomic E-state index is 0.0356. The molecule has 3 rings (SSSR count). The molecule has 6 N–H and O–H groups in total. The fraction of sp³-hybridized carbons (Fsp3) is 0.438. The van der Waals surface area contributed by atoms with Crippen molar-refractivity contribution in [3.05, 3.63) is 38.8 Å². The molecule has 2 atom stereocenters. The monoisotopic (exact) mass is 336 g/mol. The van der Waals surface area contributed by atoms with E-state index in [1.54, 1.807) is 6.92 Å². The summed E-state index contributed by atoms with van der Waals surface area (Å²) in [5, 5.41) is 53.7. The van der Waals surface area contributed by atoms with Crippen molar-refractivity contribution in [1.82, 2.24) is 9.78 Å². The highest BCUT2D eigenvalue weighted by Crippen LogP contribution is 2.53. The summed E-state index contributed by atoms with van der Waals surface area (Å²) in [5.41, 5.74) is 0.581. The summed E-state index contributed by atoms with van der Waals surface area (Å²) in [4.78, 5) is 12.2. The van der Waals surface area contributed by atoms with Crippen molar-refractivity contribution >= 4 is 0 Å². The topological polar surface area (TPSA) is 139 Å². The highest BCUT2D eigenvalue weighted by molar-refractivity contribution is 5.58. The van der Waals surface area contributed by atoms with E-state index in [1.807, 2.05) is 0 Å². The van der Waals surface area contributed by atoms with Gasteiger partial charge in [0.2, 0.25) is 0 Å². The van der Waals surface area contributed by atoms with Crippen molar-refractivity contribution in [2.24, 2.45) is 7.05 Å². The molecule has 0 bridgehead atoms. The number of phenols is 3. The van der Waals surface area contributed by atoms with Crippen LogP contribution in [0.2, 0.25) is 0 Å². The number of aliphatic hydroxyl groups excluding tert-OH is 2. The first-order chi connectivity index (χ1) is 11.2. The van der Waals surface area contributed by atoms with Gasteiger partial charge in [-0.15, -0.1) is 0 Å². The van der Waals surface area contributed by atoms with Crippen molar-refractivity contribution in [2.45, 2.75) is 37.9 Å². The molecule has 130 valence electrons. The zero-order valence-electron chi connectivity index (χ0n) is 13.5. The second kappa shape index (κ2) is 5.29. The third-order valence-corrected chi connectivity index (χ3v) is 4.96. The summed E-state index contributed by atoms with van der Waals surface area (Å²) in [6.45, 7) is 3.12. The summed E-state index contributed by atoms with van der Waals surface area (Å²) in [6.07, 6.45) is -2.33. The minimum Gasteiger partial charge on any atom is -0.507 e. The van der Waals surface area contributed by atoms with Gasteiger partial charge in [-0.3, -0.25) is 14.6 Å². The van der Waals surface area contributed by atoms with Gasteiger partial charge in [-0.1, -0.05) is 0 Å². The number of hydrogen-bond donors (Lipinski definition) is 6. The lowest BCUT2D eigenvalue weighted by Crippen LogP contribution is -2.53. The maximum absolute atomic E-state index is 12.2. The molecule has 0 aliphatic heterocycles. The molecule has 1 saturated carbocycles. The summed E-state index contributed by atoms with van der Waals surface area (Å²) in [5.74, 6) is -2.88. The van der Waals surface area contributed by atoms with E-state index in [0.717, 1.165) is 6.07 Å². The lowest BCUT2D eigenvalue weighted by atomic mass is 9.62. The predicted octanol–water partition coefficient (Wildman–Crippen LogP) is 0.0498. The molecule has 8 heteroatoms. The Morgan fingerprint density at radius 3 is 2.04 bits per heavy atom. The van der Waals surface area contributed by atoms with Crippen LogP contribution >= 0.6 is 0 Å². The van der Waals surface area contributed by atoms with Crippen molar-refractivity contribution < 1.29 is 25.5 Å². The Balaban J connectivity index is 2.04. The number of aromatic amines is 1. The normalized spacial score (nSPS) is 26.4. The van der Waals surface area contributed by atoms with Crippen LogP contribution in [-0.2, 0) is 7.05 Å². The number of nitrogens with zero attached hydrogens (tertiary/aromatic N) is 1. The van der Waals surface area contributed by atoms with Crippen molar-refractivity contribution in [3.8, 4) is 17.2 Å². The SMILES string of the molecule is Cc1[nH]n(C)c(=O)c1C1C(O)C(c2c(O)cc(O)c(C)c2O)C1O. The standard InChI is InChI=1S/C16H20N2O6/c1-5-7(19)4-8(20)10(13(5)21)12-14(22)11(15(12)23)9-6(2)17-18(3)16(9)24/h4,11-12,14-15,17,19-23H,1-3H3. The van der Waals surface area contributed by atoms with Crippen LogP contribution in [0.5, 0.6) is 17.2 Å². The van der Waals surface area contributed by atoms with E-state index in [-0.39, 0.29) is 33.7 Å². The largest absolute Gasteiger partial charge is 0.507 e. The number of rotatable bonds is 2. The van der Waals surface area contributed by atoms with Gasteiger partial charge >= 0.3 is 0 Å². The molecule has 1 aromatic heterocycles. The smallest absolute Gasteiger partial charge is 0.270 e. The van der Waals surface area contributed by atoms with Crippen molar-refractivity contribution in [2.75, 3.05) is 0 Å². The average molecular weight is 336 g/mol. The van der Waals surface area contributed by atoms with Crippen LogP contribution in [0.15, 0.2) is 10.9 Å². The Morgan fingerprint density at radius 2 is 1.54 bits per heavy atom. The van der Waals surface area contributed by atoms with Crippen LogP contribution in [0.1, 0.15) is 34.2 Å². The highest BCUT2D eigenvalue weighted by atomic mass is 16.3. The molecular weight excluding hydrogens is 316 g/mol. The van der Waals surface area contributed by atoms with E-state index in [9.17, 15) is 30.3 Å². The van der Waals surface area contributed by atoms with Gasteiger partial charge in [-0.25, -0.2) is 0 Å². The van der Waals surface area contributed by atoms with E-state index < -0.39 is 29.8 Å². The second-order valence-corrected chi connectivity index (χ2v) is 6.35. The molecule has 1 fully saturated rings. The molecule has 1 aromatic carbocycles. The maximum Gasteiger partial charge on any atom is 0.270 e. The van der Waals surface area contributed by atoms with Gasteiger partial charge in [0.15, 0.2) is 0 Å². The van der Waals surface area contributed by atoms with Gasteiger partial charge < -0.3 is 25.5 Å². The molecule has 0 saturated heterocycles. The molecular formula is C16H20N2O6. The van der Waals surface area contributed by atoms with Gasteiger partial charge in [-0.2, -0.15) is 0 Å². The van der Waals surface area contributed by atoms with Crippen LogP contribution in [0, 0.1) is 13.8 Å². The Hall–Kier alpha value is -2.45. The Kier molecular flexibility index (Phi) is 3.61. The Morgan fingerprint density at radius 1 is 1.00 bits per heavy atom. The summed E-state index contributed by atoms with van der Waals surface area (Å²) < 4.78 is 1.26. The van der Waals surface area contributed by atoms with Crippen molar-refractivity contribution in [1.29, 1.82) is 0 Å². The number of hydrogen-bond acceptors (Lipinski definition) is 6. The number of aryl methyl sites for hydroxylation is 2. The first-order valence-corrected chi connectivity index (χ1v) is 7.52. The Bertz CT molecular complexity index is 858. The van der Waals surface area contributed by atoms with Crippen LogP contribution in [0.25, 0.3) is 0 Å². The van der Waals surface area contributed by atoms with Gasteiger partial charge in [0.1, 0.15) is 17.2 Å². The lowest BCUT2D eigenvalue weighted by Gasteiger charge is -2.46. The van der Waals surface area contributed by atoms with Crippen LogP contribution < -0.4 is 5.56 Å². The first kappa shape index (κ1) is 16.4. The van der Waals surface area contributed by atoms with Gasteiger partial charge in [0.25, 0.3) is 5.56 Å². The van der Waals surface area contributed by atoms with E-state index in [1.165, 1.54) is 18.7 Å². The van der Waals surface area contributed by atoms with Crippen LogP contribution in [0.4, 0.5) is 0 Å². The average Bonchev–Trinajstić information content (AvgIpc) is 2.76. The second-order valence-electron chi connectivity index (χ2n) is 6.35. The number of aromatic nitrogens is 2. The third kappa shape index (κ3) is 2.03. The molecule has 0 spiro atoms. The van der Waals surface area contributed by atoms with E-state index >= 15 is 0 Å². The van der Waals surface area contributed by atoms with E-state index in [0.29, 0.717) is 5.69 Å². The van der Waals surface area contributed by atoms with Crippen molar-refractivity contribution in [3.63, 3.8) is 0 Å². The molecule has 8 nitrogen and oxygen atoms in total. The zero-order chi connectivity index (χ0) is 17.9. The summed E-state index contributed by atoms with van der Waals surface area (Å²) >= 11 is 0. The molecule has 0 radical (unpaired) electrons. The maximum atomic E-state index is 12.2. The fourth-order valence-electron chi connectivity index (χ4n) is 3.57. The third-order valence-electron chi connectivity index (χ3n) is 4.96. The Labute approximate surface area is 137 Å². The quantitative estimate of drug-likeness (QED) is 0.458. The van der Waals surface area contributed by atoms with Crippen LogP contribution in [0.3, 0.4) is 0 Å². The summed E-state index contributed by atoms with van der Waals surface area (Å²) in [7, 11) is 1.54. The number of nitrogens with one attached hydrogen (secondary N) is 1. The number of phenolic OH excluding ortho intramolecular Hbond substituents is 3. The molecule has 2 aromatic rings. The molecule has 2 unspecified atom stereocenters. The van der Waals surface area contributed by atoms with E-state index in [4.69, 9.17) is 0 Å². The molecule has 1 aliphatic carbocycles. The number of aromatic hydroxyl groups is 3. The fourth-order valence-corrected chi connectivity index (χ4v) is 3.57. The highest BCUT2D eigenvalue weighted by Gasteiger charge is 2.54. The summed E-state index contributed by atoms with van der Waals surface area (Å²) in [6, 6.07) is 1.05. The molecule has 24 heavy (non-hydrogen) atoms. The lowest BCUT2D eigenvalue weighted by molar-refractivity contribution is -0.0804. The molecule has 1 heterocycles. The van der Waals surface area contributed by atoms with Crippen LogP contribution in [-0.4, -0.2) is 47.5 Å². The van der Waals surface area contributed by atoms with E-state index in [2.05, 4.69) is 5.10 Å². The van der Waals surface area contributed by atoms with Gasteiger partial charge in [-0.05, 0) is 13.8 Å². The zero-order valence-corrected chi connectivity index (χ0v) is 13.5.